The molecule has 0 amide bonds. The van der Waals surface area contributed by atoms with E-state index in [1.165, 1.54) is 43.3 Å². The van der Waals surface area contributed by atoms with E-state index in [-0.39, 0.29) is 11.1 Å². The first-order valence-corrected chi connectivity index (χ1v) is 6.63. The van der Waals surface area contributed by atoms with Gasteiger partial charge in [0.2, 0.25) is 0 Å². The van der Waals surface area contributed by atoms with Gasteiger partial charge in [-0.25, -0.2) is 13.2 Å². The molecule has 1 atom stereocenters. The minimum absolute atomic E-state index is 0.104. The van der Waals surface area contributed by atoms with Gasteiger partial charge in [0.05, 0.1) is 6.10 Å². The van der Waals surface area contributed by atoms with E-state index in [4.69, 9.17) is 0 Å². The van der Waals surface area contributed by atoms with Crippen molar-refractivity contribution in [2.24, 2.45) is 0 Å². The zero-order valence-electron chi connectivity index (χ0n) is 12.1. The highest BCUT2D eigenvalue weighted by Gasteiger charge is 2.33. The van der Waals surface area contributed by atoms with E-state index < -0.39 is 29.0 Å². The molecule has 1 N–H and O–H groups in total. The predicted octanol–water partition coefficient (Wildman–Crippen LogP) is 4.42. The van der Waals surface area contributed by atoms with Gasteiger partial charge in [-0.15, -0.1) is 0 Å². The number of aryl methyl sites for hydroxylation is 1. The molecule has 112 valence electrons. The molecule has 0 aliphatic carbocycles. The van der Waals surface area contributed by atoms with Gasteiger partial charge < -0.3 is 5.11 Å². The standard InChI is InChI=1S/C17H17F3O/c1-10-4-9-13(15(20)14(10)19)16(21)17(2,3)11-5-7-12(18)8-6-11/h4-9,16,21H,1-3H3. The number of aliphatic hydroxyl groups is 1. The Labute approximate surface area is 122 Å². The molecular formula is C17H17F3O. The largest absolute Gasteiger partial charge is 0.387 e. The SMILES string of the molecule is Cc1ccc(C(O)C(C)(C)c2ccc(F)cc2)c(F)c1F. The third-order valence-corrected chi connectivity index (χ3v) is 3.87. The summed E-state index contributed by atoms with van der Waals surface area (Å²) in [5.74, 6) is -2.39. The highest BCUT2D eigenvalue weighted by molar-refractivity contribution is 5.33. The van der Waals surface area contributed by atoms with Crippen molar-refractivity contribution in [3.63, 3.8) is 0 Å². The van der Waals surface area contributed by atoms with Crippen molar-refractivity contribution < 1.29 is 18.3 Å². The van der Waals surface area contributed by atoms with Crippen LogP contribution in [0.25, 0.3) is 0 Å². The molecule has 4 heteroatoms. The zero-order valence-corrected chi connectivity index (χ0v) is 12.1. The van der Waals surface area contributed by atoms with Crippen LogP contribution in [0.15, 0.2) is 36.4 Å². The van der Waals surface area contributed by atoms with Crippen molar-refractivity contribution in [3.8, 4) is 0 Å². The van der Waals surface area contributed by atoms with Gasteiger partial charge in [0, 0.05) is 11.0 Å². The van der Waals surface area contributed by atoms with Gasteiger partial charge in [-0.2, -0.15) is 0 Å². The molecule has 21 heavy (non-hydrogen) atoms. The van der Waals surface area contributed by atoms with E-state index in [1.54, 1.807) is 13.8 Å². The number of rotatable bonds is 3. The first kappa shape index (κ1) is 15.6. The third kappa shape index (κ3) is 2.81. The van der Waals surface area contributed by atoms with Gasteiger partial charge in [0.1, 0.15) is 5.82 Å². The van der Waals surface area contributed by atoms with Crippen LogP contribution >= 0.6 is 0 Å². The molecule has 2 aromatic rings. The molecule has 0 radical (unpaired) electrons. The fourth-order valence-electron chi connectivity index (χ4n) is 2.30. The number of aliphatic hydroxyl groups excluding tert-OH is 1. The maximum Gasteiger partial charge on any atom is 0.164 e. The first-order chi connectivity index (χ1) is 9.75. The Balaban J connectivity index is 2.45. The molecule has 0 heterocycles. The van der Waals surface area contributed by atoms with Crippen LogP contribution in [0.1, 0.15) is 36.6 Å². The minimum atomic E-state index is -1.25. The van der Waals surface area contributed by atoms with E-state index in [0.29, 0.717) is 5.56 Å². The quantitative estimate of drug-likeness (QED) is 0.888. The molecule has 0 aromatic heterocycles. The lowest BCUT2D eigenvalue weighted by Gasteiger charge is -2.32. The minimum Gasteiger partial charge on any atom is -0.387 e. The topological polar surface area (TPSA) is 20.2 Å². The Morgan fingerprint density at radius 1 is 0.905 bits per heavy atom. The second kappa shape index (κ2) is 5.53. The number of benzene rings is 2. The molecule has 0 saturated carbocycles. The van der Waals surface area contributed by atoms with Crippen LogP contribution in [0.2, 0.25) is 0 Å². The second-order valence-electron chi connectivity index (χ2n) is 5.73. The van der Waals surface area contributed by atoms with Crippen molar-refractivity contribution in [1.82, 2.24) is 0 Å². The van der Waals surface area contributed by atoms with Gasteiger partial charge in [-0.1, -0.05) is 38.1 Å². The van der Waals surface area contributed by atoms with Crippen LogP contribution in [0.4, 0.5) is 13.2 Å². The fraction of sp³-hybridized carbons (Fsp3) is 0.294. The summed E-state index contributed by atoms with van der Waals surface area (Å²) in [5.41, 5.74) is -0.178. The van der Waals surface area contributed by atoms with Gasteiger partial charge in [0.25, 0.3) is 0 Å². The summed E-state index contributed by atoms with van der Waals surface area (Å²) in [6, 6.07) is 8.41. The van der Waals surface area contributed by atoms with Crippen molar-refractivity contribution in [3.05, 3.63) is 70.5 Å². The average molecular weight is 294 g/mol. The number of halogens is 3. The summed E-state index contributed by atoms with van der Waals surface area (Å²) in [5, 5.41) is 10.5. The Hall–Kier alpha value is -1.81. The average Bonchev–Trinajstić information content (AvgIpc) is 2.45. The molecule has 0 aliphatic rings. The van der Waals surface area contributed by atoms with E-state index in [1.807, 2.05) is 0 Å². The number of hydrogen-bond donors (Lipinski definition) is 1. The van der Waals surface area contributed by atoms with E-state index in [9.17, 15) is 18.3 Å². The van der Waals surface area contributed by atoms with Crippen molar-refractivity contribution in [2.45, 2.75) is 32.3 Å². The predicted molar refractivity (Wildman–Crippen MR) is 75.5 cm³/mol. The van der Waals surface area contributed by atoms with Crippen LogP contribution in [0.5, 0.6) is 0 Å². The van der Waals surface area contributed by atoms with Crippen LogP contribution in [-0.4, -0.2) is 5.11 Å². The van der Waals surface area contributed by atoms with Crippen LogP contribution < -0.4 is 0 Å². The molecular weight excluding hydrogens is 277 g/mol. The van der Waals surface area contributed by atoms with Crippen LogP contribution in [0, 0.1) is 24.4 Å². The smallest absolute Gasteiger partial charge is 0.164 e. The van der Waals surface area contributed by atoms with Crippen LogP contribution in [-0.2, 0) is 5.41 Å². The molecule has 2 rings (SSSR count). The molecule has 0 fully saturated rings. The molecule has 0 saturated heterocycles. The monoisotopic (exact) mass is 294 g/mol. The summed E-state index contributed by atoms with van der Waals surface area (Å²) < 4.78 is 40.7. The maximum absolute atomic E-state index is 14.0. The van der Waals surface area contributed by atoms with Crippen molar-refractivity contribution >= 4 is 0 Å². The highest BCUT2D eigenvalue weighted by Crippen LogP contribution is 2.38. The lowest BCUT2D eigenvalue weighted by molar-refractivity contribution is 0.0957. The van der Waals surface area contributed by atoms with E-state index >= 15 is 0 Å². The molecule has 1 nitrogen and oxygen atoms in total. The van der Waals surface area contributed by atoms with Gasteiger partial charge in [-0.3, -0.25) is 0 Å². The second-order valence-corrected chi connectivity index (χ2v) is 5.73. The number of hydrogen-bond acceptors (Lipinski definition) is 1. The Bertz CT molecular complexity index is 648. The Kier molecular flexibility index (Phi) is 4.10. The van der Waals surface area contributed by atoms with Crippen molar-refractivity contribution in [1.29, 1.82) is 0 Å². The molecule has 1 unspecified atom stereocenters. The molecule has 0 bridgehead atoms. The van der Waals surface area contributed by atoms with E-state index in [0.717, 1.165) is 0 Å². The summed E-state index contributed by atoms with van der Waals surface area (Å²) in [6.07, 6.45) is -1.25. The lowest BCUT2D eigenvalue weighted by Crippen LogP contribution is -2.28. The van der Waals surface area contributed by atoms with Gasteiger partial charge >= 0.3 is 0 Å². The molecule has 0 aliphatic heterocycles. The lowest BCUT2D eigenvalue weighted by atomic mass is 9.76. The van der Waals surface area contributed by atoms with Crippen molar-refractivity contribution in [2.75, 3.05) is 0 Å². The highest BCUT2D eigenvalue weighted by atomic mass is 19.2. The Morgan fingerprint density at radius 3 is 2.05 bits per heavy atom. The summed E-state index contributed by atoms with van der Waals surface area (Å²) in [7, 11) is 0. The third-order valence-electron chi connectivity index (χ3n) is 3.87. The molecule has 2 aromatic carbocycles. The summed E-state index contributed by atoms with van der Waals surface area (Å²) in [6.45, 7) is 4.85. The first-order valence-electron chi connectivity index (χ1n) is 6.63. The maximum atomic E-state index is 14.0. The van der Waals surface area contributed by atoms with Gasteiger partial charge in [-0.05, 0) is 30.2 Å². The van der Waals surface area contributed by atoms with Crippen LogP contribution in [0.3, 0.4) is 0 Å². The van der Waals surface area contributed by atoms with Gasteiger partial charge in [0.15, 0.2) is 11.6 Å². The fourth-order valence-corrected chi connectivity index (χ4v) is 2.30. The summed E-state index contributed by atoms with van der Waals surface area (Å²) in [4.78, 5) is 0. The summed E-state index contributed by atoms with van der Waals surface area (Å²) >= 11 is 0. The zero-order chi connectivity index (χ0) is 15.8. The molecule has 0 spiro atoms. The Morgan fingerprint density at radius 2 is 1.48 bits per heavy atom. The van der Waals surface area contributed by atoms with E-state index in [2.05, 4.69) is 0 Å². The normalized spacial score (nSPS) is 13.3.